The lowest BCUT2D eigenvalue weighted by Crippen LogP contribution is -2.35. The van der Waals surface area contributed by atoms with Gasteiger partial charge >= 0.3 is 6.09 Å². The largest absolute Gasteiger partial charge is 0.444 e. The molecule has 0 aromatic carbocycles. The monoisotopic (exact) mass is 377 g/mol. The van der Waals surface area contributed by atoms with Gasteiger partial charge in [0.25, 0.3) is 0 Å². The van der Waals surface area contributed by atoms with Crippen molar-refractivity contribution in [2.45, 2.75) is 39.2 Å². The quantitative estimate of drug-likeness (QED) is 0.807. The minimum absolute atomic E-state index is 0.197. The third-order valence-corrected chi connectivity index (χ3v) is 4.05. The Kier molecular flexibility index (Phi) is 4.37. The average molecular weight is 377 g/mol. The van der Waals surface area contributed by atoms with Gasteiger partial charge in [-0.1, -0.05) is 0 Å². The van der Waals surface area contributed by atoms with E-state index in [1.165, 1.54) is 5.56 Å². The molecule has 0 radical (unpaired) electrons. The van der Waals surface area contributed by atoms with Gasteiger partial charge in [0.05, 0.1) is 9.90 Å². The fraction of sp³-hybridized carbons (Fsp3) is 0.692. The predicted molar refractivity (Wildman–Crippen MR) is 80.9 cm³/mol. The van der Waals surface area contributed by atoms with Crippen LogP contribution in [0.1, 0.15) is 32.8 Å². The van der Waals surface area contributed by atoms with Gasteiger partial charge in [-0.2, -0.15) is 5.10 Å². The molecular formula is C13H20IN3O2. The van der Waals surface area contributed by atoms with Crippen LogP contribution in [0.2, 0.25) is 0 Å². The van der Waals surface area contributed by atoms with Crippen molar-refractivity contribution in [1.29, 1.82) is 0 Å². The molecule has 0 aliphatic carbocycles. The van der Waals surface area contributed by atoms with Crippen molar-refractivity contribution in [2.24, 2.45) is 5.92 Å². The number of rotatable bonds is 2. The molecule has 1 amide bonds. The number of aromatic nitrogens is 2. The Morgan fingerprint density at radius 3 is 2.95 bits per heavy atom. The fourth-order valence-corrected chi connectivity index (χ4v) is 2.74. The highest BCUT2D eigenvalue weighted by atomic mass is 127. The van der Waals surface area contributed by atoms with Gasteiger partial charge in [-0.25, -0.2) is 4.79 Å². The Morgan fingerprint density at radius 1 is 1.63 bits per heavy atom. The van der Waals surface area contributed by atoms with Crippen molar-refractivity contribution in [3.63, 3.8) is 0 Å². The second-order valence-electron chi connectivity index (χ2n) is 5.99. The first-order valence-electron chi connectivity index (χ1n) is 6.51. The Labute approximate surface area is 127 Å². The minimum atomic E-state index is -0.422. The van der Waals surface area contributed by atoms with Crippen LogP contribution in [0, 0.1) is 9.62 Å². The Bertz CT molecular complexity index is 453. The second kappa shape index (κ2) is 5.68. The Balaban J connectivity index is 1.86. The maximum absolute atomic E-state index is 12.0. The molecule has 1 unspecified atom stereocenters. The molecule has 1 saturated heterocycles. The molecule has 1 aliphatic heterocycles. The van der Waals surface area contributed by atoms with Crippen molar-refractivity contribution < 1.29 is 9.53 Å². The van der Waals surface area contributed by atoms with Crippen molar-refractivity contribution >= 4 is 28.7 Å². The van der Waals surface area contributed by atoms with Gasteiger partial charge in [0, 0.05) is 18.7 Å². The van der Waals surface area contributed by atoms with Crippen LogP contribution in [0.15, 0.2) is 6.20 Å². The topological polar surface area (TPSA) is 58.2 Å². The Morgan fingerprint density at radius 2 is 2.37 bits per heavy atom. The molecule has 1 fully saturated rings. The van der Waals surface area contributed by atoms with Gasteiger partial charge in [0.15, 0.2) is 0 Å². The molecule has 5 nitrogen and oxygen atoms in total. The number of amides is 1. The van der Waals surface area contributed by atoms with E-state index in [2.05, 4.69) is 32.8 Å². The second-order valence-corrected chi connectivity index (χ2v) is 7.07. The lowest BCUT2D eigenvalue weighted by atomic mass is 10.0. The number of hydrogen-bond acceptors (Lipinski definition) is 3. The highest BCUT2D eigenvalue weighted by Crippen LogP contribution is 2.24. The highest BCUT2D eigenvalue weighted by molar-refractivity contribution is 14.1. The zero-order chi connectivity index (χ0) is 14.0. The molecule has 0 bridgehead atoms. The lowest BCUT2D eigenvalue weighted by molar-refractivity contribution is 0.0288. The van der Waals surface area contributed by atoms with E-state index in [9.17, 15) is 4.79 Å². The van der Waals surface area contributed by atoms with Crippen molar-refractivity contribution in [3.05, 3.63) is 15.5 Å². The van der Waals surface area contributed by atoms with Crippen LogP contribution in [0.25, 0.3) is 0 Å². The summed E-state index contributed by atoms with van der Waals surface area (Å²) >= 11 is 2.26. The van der Waals surface area contributed by atoms with E-state index in [1.807, 2.05) is 31.9 Å². The van der Waals surface area contributed by atoms with Crippen LogP contribution in [0.4, 0.5) is 4.79 Å². The van der Waals surface area contributed by atoms with E-state index in [0.29, 0.717) is 5.92 Å². The van der Waals surface area contributed by atoms with Crippen molar-refractivity contribution in [3.8, 4) is 0 Å². The van der Waals surface area contributed by atoms with Gasteiger partial charge in [0.2, 0.25) is 0 Å². The van der Waals surface area contributed by atoms with Crippen LogP contribution in [-0.4, -0.2) is 39.9 Å². The van der Waals surface area contributed by atoms with Gasteiger partial charge in [0.1, 0.15) is 5.60 Å². The van der Waals surface area contributed by atoms with Crippen molar-refractivity contribution in [2.75, 3.05) is 13.1 Å². The van der Waals surface area contributed by atoms with E-state index < -0.39 is 5.60 Å². The zero-order valence-electron chi connectivity index (χ0n) is 11.6. The number of ether oxygens (including phenoxy) is 1. The number of nitrogens with one attached hydrogen (secondary N) is 1. The summed E-state index contributed by atoms with van der Waals surface area (Å²) < 4.78 is 6.49. The van der Waals surface area contributed by atoms with E-state index >= 15 is 0 Å². The third kappa shape index (κ3) is 4.09. The summed E-state index contributed by atoms with van der Waals surface area (Å²) in [6.45, 7) is 7.25. The number of H-pyrrole nitrogens is 1. The first-order valence-corrected chi connectivity index (χ1v) is 7.58. The number of halogens is 1. The molecule has 1 aromatic rings. The summed E-state index contributed by atoms with van der Waals surface area (Å²) in [6.07, 6.45) is 3.67. The van der Waals surface area contributed by atoms with E-state index in [0.717, 1.165) is 29.6 Å². The van der Waals surface area contributed by atoms with Gasteiger partial charge in [-0.05, 0) is 62.1 Å². The molecule has 1 N–H and O–H groups in total. The standard InChI is InChI=1S/C13H20IN3O2/c1-13(2,3)19-12(18)17-5-4-9(8-17)6-10-7-15-16-11(10)14/h7,9H,4-6,8H2,1-3H3,(H,15,16). The van der Waals surface area contributed by atoms with Gasteiger partial charge in [-0.3, -0.25) is 5.10 Å². The highest BCUT2D eigenvalue weighted by Gasteiger charge is 2.30. The number of likely N-dealkylation sites (tertiary alicyclic amines) is 1. The zero-order valence-corrected chi connectivity index (χ0v) is 13.7. The van der Waals surface area contributed by atoms with Gasteiger partial charge in [-0.15, -0.1) is 0 Å². The summed E-state index contributed by atoms with van der Waals surface area (Å²) in [5.41, 5.74) is 0.811. The SMILES string of the molecule is CC(C)(C)OC(=O)N1CCC(Cc2cn[nH]c2I)C1. The molecule has 1 aliphatic rings. The van der Waals surface area contributed by atoms with Crippen molar-refractivity contribution in [1.82, 2.24) is 15.1 Å². The predicted octanol–water partition coefficient (Wildman–Crippen LogP) is 2.81. The summed E-state index contributed by atoms with van der Waals surface area (Å²) in [5.74, 6) is 0.499. The summed E-state index contributed by atoms with van der Waals surface area (Å²) in [7, 11) is 0. The molecule has 0 spiro atoms. The first-order chi connectivity index (χ1) is 8.85. The smallest absolute Gasteiger partial charge is 0.410 e. The molecular weight excluding hydrogens is 357 g/mol. The number of hydrogen-bond donors (Lipinski definition) is 1. The number of carbonyl (C=O) groups is 1. The molecule has 1 atom stereocenters. The molecule has 1 aromatic heterocycles. The Hall–Kier alpha value is -0.790. The van der Waals surface area contributed by atoms with Crippen LogP contribution < -0.4 is 0 Å². The van der Waals surface area contributed by atoms with E-state index in [1.54, 1.807) is 0 Å². The summed E-state index contributed by atoms with van der Waals surface area (Å²) in [6, 6.07) is 0. The molecule has 19 heavy (non-hydrogen) atoms. The maximum atomic E-state index is 12.0. The summed E-state index contributed by atoms with van der Waals surface area (Å²) in [4.78, 5) is 13.8. The van der Waals surface area contributed by atoms with Crippen LogP contribution in [0.5, 0.6) is 0 Å². The average Bonchev–Trinajstić information content (AvgIpc) is 2.87. The fourth-order valence-electron chi connectivity index (χ4n) is 2.24. The maximum Gasteiger partial charge on any atom is 0.410 e. The third-order valence-electron chi connectivity index (χ3n) is 3.11. The normalized spacial score (nSPS) is 19.8. The molecule has 2 heterocycles. The van der Waals surface area contributed by atoms with Crippen LogP contribution in [-0.2, 0) is 11.2 Å². The number of carbonyl (C=O) groups excluding carboxylic acids is 1. The minimum Gasteiger partial charge on any atom is -0.444 e. The molecule has 2 rings (SSSR count). The van der Waals surface area contributed by atoms with Gasteiger partial charge < -0.3 is 9.64 Å². The first kappa shape index (κ1) is 14.6. The molecule has 6 heteroatoms. The molecule has 0 saturated carbocycles. The lowest BCUT2D eigenvalue weighted by Gasteiger charge is -2.24. The van der Waals surface area contributed by atoms with Crippen LogP contribution >= 0.6 is 22.6 Å². The number of nitrogens with zero attached hydrogens (tertiary/aromatic N) is 2. The van der Waals surface area contributed by atoms with E-state index in [4.69, 9.17) is 4.74 Å². The summed E-state index contributed by atoms with van der Waals surface area (Å²) in [5, 5.41) is 6.97. The van der Waals surface area contributed by atoms with Crippen LogP contribution in [0.3, 0.4) is 0 Å². The number of aromatic amines is 1. The van der Waals surface area contributed by atoms with E-state index in [-0.39, 0.29) is 6.09 Å². The molecule has 106 valence electrons.